The summed E-state index contributed by atoms with van der Waals surface area (Å²) in [5.41, 5.74) is 1.51. The summed E-state index contributed by atoms with van der Waals surface area (Å²) in [7, 11) is 0. The van der Waals surface area contributed by atoms with E-state index in [2.05, 4.69) is 48.8 Å². The Balaban J connectivity index is 1.77. The zero-order valence-corrected chi connectivity index (χ0v) is 11.7. The summed E-state index contributed by atoms with van der Waals surface area (Å²) in [5, 5.41) is 7.33. The molecule has 3 heteroatoms. The Morgan fingerprint density at radius 1 is 1.44 bits per heavy atom. The molecule has 0 amide bonds. The third-order valence-corrected chi connectivity index (χ3v) is 5.14. The van der Waals surface area contributed by atoms with Crippen molar-refractivity contribution in [1.82, 2.24) is 5.32 Å². The van der Waals surface area contributed by atoms with Crippen LogP contribution in [0.4, 0.5) is 0 Å². The highest BCUT2D eigenvalue weighted by Gasteiger charge is 2.36. The Bertz CT molecular complexity index is 550. The average molecular weight is 261 g/mol. The molecule has 2 aromatic rings. The number of nitrogens with one attached hydrogen (secondary N) is 1. The molecule has 0 radical (unpaired) electrons. The van der Waals surface area contributed by atoms with Crippen LogP contribution in [0.25, 0.3) is 10.1 Å². The van der Waals surface area contributed by atoms with E-state index in [-0.39, 0.29) is 5.54 Å². The third kappa shape index (κ3) is 2.07. The van der Waals surface area contributed by atoms with E-state index in [4.69, 9.17) is 4.74 Å². The van der Waals surface area contributed by atoms with Gasteiger partial charge in [-0.25, -0.2) is 0 Å². The van der Waals surface area contributed by atoms with Crippen molar-refractivity contribution in [1.29, 1.82) is 0 Å². The summed E-state index contributed by atoms with van der Waals surface area (Å²) in [6, 6.07) is 8.61. The van der Waals surface area contributed by atoms with E-state index >= 15 is 0 Å². The molecule has 2 heterocycles. The van der Waals surface area contributed by atoms with Gasteiger partial charge >= 0.3 is 0 Å². The highest BCUT2D eigenvalue weighted by Crippen LogP contribution is 2.28. The van der Waals surface area contributed by atoms with Crippen LogP contribution in [0.2, 0.25) is 0 Å². The van der Waals surface area contributed by atoms with E-state index in [0.29, 0.717) is 6.10 Å². The fourth-order valence-electron chi connectivity index (χ4n) is 2.53. The van der Waals surface area contributed by atoms with Gasteiger partial charge < -0.3 is 10.1 Å². The fourth-order valence-corrected chi connectivity index (χ4v) is 3.50. The molecule has 3 rings (SSSR count). The van der Waals surface area contributed by atoms with Gasteiger partial charge in [0.15, 0.2) is 0 Å². The van der Waals surface area contributed by atoms with E-state index < -0.39 is 0 Å². The second-order valence-electron chi connectivity index (χ2n) is 5.29. The lowest BCUT2D eigenvalue weighted by Crippen LogP contribution is -2.47. The normalized spacial score (nSPS) is 28.0. The number of benzene rings is 1. The summed E-state index contributed by atoms with van der Waals surface area (Å²) in [4.78, 5) is 0. The largest absolute Gasteiger partial charge is 0.377 e. The van der Waals surface area contributed by atoms with Crippen LogP contribution in [0.15, 0.2) is 29.6 Å². The van der Waals surface area contributed by atoms with Gasteiger partial charge in [-0.15, -0.1) is 11.3 Å². The van der Waals surface area contributed by atoms with Crippen molar-refractivity contribution in [3.63, 3.8) is 0 Å². The minimum absolute atomic E-state index is 0.114. The first-order chi connectivity index (χ1) is 8.69. The first kappa shape index (κ1) is 12.2. The second-order valence-corrected chi connectivity index (χ2v) is 6.20. The first-order valence-electron chi connectivity index (χ1n) is 6.51. The van der Waals surface area contributed by atoms with Crippen LogP contribution >= 0.6 is 11.3 Å². The summed E-state index contributed by atoms with van der Waals surface area (Å²) < 4.78 is 7.04. The third-order valence-electron chi connectivity index (χ3n) is 4.13. The van der Waals surface area contributed by atoms with Gasteiger partial charge in [0.05, 0.1) is 6.10 Å². The highest BCUT2D eigenvalue weighted by atomic mass is 32.1. The summed E-state index contributed by atoms with van der Waals surface area (Å²) in [6.07, 6.45) is 1.39. The standard InChI is InChI=1S/C15H19NOS/c1-11-15(2,7-8-17-11)16-9-12-10-18-14-6-4-3-5-13(12)14/h3-6,10-11,16H,7-9H2,1-2H3. The van der Waals surface area contributed by atoms with Crippen LogP contribution in [-0.4, -0.2) is 18.2 Å². The van der Waals surface area contributed by atoms with Crippen LogP contribution in [-0.2, 0) is 11.3 Å². The molecule has 18 heavy (non-hydrogen) atoms. The van der Waals surface area contributed by atoms with E-state index in [1.165, 1.54) is 15.6 Å². The SMILES string of the molecule is CC1OCCC1(C)NCc1csc2ccccc12. The topological polar surface area (TPSA) is 21.3 Å². The van der Waals surface area contributed by atoms with Crippen molar-refractivity contribution in [3.05, 3.63) is 35.2 Å². The van der Waals surface area contributed by atoms with Crippen LogP contribution < -0.4 is 5.32 Å². The smallest absolute Gasteiger partial charge is 0.0726 e. The molecule has 0 bridgehead atoms. The zero-order valence-electron chi connectivity index (χ0n) is 10.9. The second kappa shape index (κ2) is 4.65. The molecule has 1 N–H and O–H groups in total. The Labute approximate surface area is 112 Å². The molecule has 1 aromatic heterocycles. The molecule has 1 saturated heterocycles. The first-order valence-corrected chi connectivity index (χ1v) is 7.39. The highest BCUT2D eigenvalue weighted by molar-refractivity contribution is 7.17. The van der Waals surface area contributed by atoms with Crippen molar-refractivity contribution in [2.75, 3.05) is 6.61 Å². The van der Waals surface area contributed by atoms with Crippen molar-refractivity contribution in [3.8, 4) is 0 Å². The zero-order chi connectivity index (χ0) is 12.6. The van der Waals surface area contributed by atoms with Crippen LogP contribution in [0.3, 0.4) is 0 Å². The Hall–Kier alpha value is -0.900. The van der Waals surface area contributed by atoms with Crippen molar-refractivity contribution < 1.29 is 4.74 Å². The molecule has 1 aromatic carbocycles. The minimum atomic E-state index is 0.114. The molecule has 2 nitrogen and oxygen atoms in total. The fraction of sp³-hybridized carbons (Fsp3) is 0.467. The summed E-state index contributed by atoms with van der Waals surface area (Å²) in [5.74, 6) is 0. The molecule has 2 atom stereocenters. The van der Waals surface area contributed by atoms with E-state index in [0.717, 1.165) is 19.6 Å². The maximum Gasteiger partial charge on any atom is 0.0726 e. The molecule has 2 unspecified atom stereocenters. The monoisotopic (exact) mass is 261 g/mol. The Morgan fingerprint density at radius 2 is 2.28 bits per heavy atom. The lowest BCUT2D eigenvalue weighted by molar-refractivity contribution is 0.0882. The molecule has 0 saturated carbocycles. The molecule has 1 fully saturated rings. The van der Waals surface area contributed by atoms with Gasteiger partial charge in [-0.2, -0.15) is 0 Å². The van der Waals surface area contributed by atoms with Gasteiger partial charge in [0.25, 0.3) is 0 Å². The lowest BCUT2D eigenvalue weighted by Gasteiger charge is -2.29. The predicted octanol–water partition coefficient (Wildman–Crippen LogP) is 3.56. The molecular weight excluding hydrogens is 242 g/mol. The Kier molecular flexibility index (Phi) is 3.14. The van der Waals surface area contributed by atoms with Gasteiger partial charge in [0, 0.05) is 23.4 Å². The number of thiophene rings is 1. The van der Waals surface area contributed by atoms with E-state index in [1.54, 1.807) is 0 Å². The average Bonchev–Trinajstić information content (AvgIpc) is 2.93. The van der Waals surface area contributed by atoms with E-state index in [9.17, 15) is 0 Å². The van der Waals surface area contributed by atoms with Crippen molar-refractivity contribution in [2.24, 2.45) is 0 Å². The van der Waals surface area contributed by atoms with Gasteiger partial charge in [0.1, 0.15) is 0 Å². The van der Waals surface area contributed by atoms with Gasteiger partial charge in [-0.1, -0.05) is 18.2 Å². The van der Waals surface area contributed by atoms with Crippen molar-refractivity contribution in [2.45, 2.75) is 38.5 Å². The number of ether oxygens (including phenoxy) is 1. The van der Waals surface area contributed by atoms with E-state index in [1.807, 2.05) is 11.3 Å². The van der Waals surface area contributed by atoms with Crippen molar-refractivity contribution >= 4 is 21.4 Å². The van der Waals surface area contributed by atoms with Gasteiger partial charge in [-0.3, -0.25) is 0 Å². The summed E-state index contributed by atoms with van der Waals surface area (Å²) in [6.45, 7) is 6.22. The van der Waals surface area contributed by atoms with Crippen LogP contribution in [0.1, 0.15) is 25.8 Å². The maximum absolute atomic E-state index is 5.67. The number of hydrogen-bond donors (Lipinski definition) is 1. The predicted molar refractivity (Wildman–Crippen MR) is 77.1 cm³/mol. The van der Waals surface area contributed by atoms with Gasteiger partial charge in [0.2, 0.25) is 0 Å². The Morgan fingerprint density at radius 3 is 3.06 bits per heavy atom. The van der Waals surface area contributed by atoms with Crippen LogP contribution in [0, 0.1) is 0 Å². The molecule has 96 valence electrons. The molecule has 0 spiro atoms. The quantitative estimate of drug-likeness (QED) is 0.912. The number of rotatable bonds is 3. The van der Waals surface area contributed by atoms with Gasteiger partial charge in [-0.05, 0) is 42.7 Å². The summed E-state index contributed by atoms with van der Waals surface area (Å²) >= 11 is 1.82. The minimum Gasteiger partial charge on any atom is -0.377 e. The molecule has 1 aliphatic rings. The molecular formula is C15H19NOS. The number of hydrogen-bond acceptors (Lipinski definition) is 3. The maximum atomic E-state index is 5.67. The molecule has 0 aliphatic carbocycles. The number of fused-ring (bicyclic) bond motifs is 1. The van der Waals surface area contributed by atoms with Crippen LogP contribution in [0.5, 0.6) is 0 Å². The lowest BCUT2D eigenvalue weighted by atomic mass is 9.94. The molecule has 1 aliphatic heterocycles.